The Balaban J connectivity index is 1.56. The summed E-state index contributed by atoms with van der Waals surface area (Å²) in [4.78, 5) is 22.5. The highest BCUT2D eigenvalue weighted by Crippen LogP contribution is 2.45. The van der Waals surface area contributed by atoms with Gasteiger partial charge < -0.3 is 10.4 Å². The summed E-state index contributed by atoms with van der Waals surface area (Å²) >= 11 is 6.22. The SMILES string of the molecule is CCN1C(=O)N(c2c(F)cc(NCCN3CC[C@@H](O)C3)cc2F)c2cc(C#N)ccc2-c2cc(Cl)cnc21. The Labute approximate surface area is 223 Å². The molecular weight excluding hydrogens is 514 g/mol. The third kappa shape index (κ3) is 4.76. The van der Waals surface area contributed by atoms with Crippen LogP contribution in [0.15, 0.2) is 42.6 Å². The van der Waals surface area contributed by atoms with E-state index in [9.17, 15) is 15.2 Å². The molecule has 1 saturated heterocycles. The molecule has 0 unspecified atom stereocenters. The minimum atomic E-state index is -0.946. The number of nitrogens with zero attached hydrogens (tertiary/aromatic N) is 5. The number of nitriles is 1. The van der Waals surface area contributed by atoms with Crippen molar-refractivity contribution in [2.75, 3.05) is 47.8 Å². The van der Waals surface area contributed by atoms with Crippen molar-refractivity contribution in [2.45, 2.75) is 19.4 Å². The lowest BCUT2D eigenvalue weighted by atomic mass is 10.0. The van der Waals surface area contributed by atoms with Crippen LogP contribution in [-0.2, 0) is 0 Å². The van der Waals surface area contributed by atoms with Gasteiger partial charge in [-0.2, -0.15) is 5.26 Å². The molecule has 0 aliphatic carbocycles. The number of fused-ring (bicyclic) bond motifs is 3. The van der Waals surface area contributed by atoms with Crippen LogP contribution in [0.3, 0.4) is 0 Å². The second kappa shape index (κ2) is 10.5. The third-order valence-corrected chi connectivity index (χ3v) is 6.94. The van der Waals surface area contributed by atoms with Gasteiger partial charge >= 0.3 is 6.03 Å². The number of halogens is 3. The predicted octanol–water partition coefficient (Wildman–Crippen LogP) is 5.13. The summed E-state index contributed by atoms with van der Waals surface area (Å²) in [6, 6.07) is 9.82. The van der Waals surface area contributed by atoms with E-state index >= 15 is 8.78 Å². The van der Waals surface area contributed by atoms with Gasteiger partial charge in [0.05, 0.1) is 28.4 Å². The standard InChI is InChI=1S/C27H25ClF2N6O2/c1-2-35-26-21(10-17(28)14-33-26)20-4-3-16(13-31)9-24(20)36(27(35)38)25-22(29)11-18(12-23(25)30)32-6-8-34-7-5-19(37)15-34/h3-4,9-12,14,19,32,37H,2,5-8,15H2,1H3/t19-/m1/s1. The maximum Gasteiger partial charge on any atom is 0.334 e. The van der Waals surface area contributed by atoms with E-state index in [4.69, 9.17) is 11.6 Å². The lowest BCUT2D eigenvalue weighted by Gasteiger charge is -2.28. The van der Waals surface area contributed by atoms with Crippen molar-refractivity contribution in [1.82, 2.24) is 9.88 Å². The minimum absolute atomic E-state index is 0.140. The number of aromatic nitrogens is 1. The average Bonchev–Trinajstić information content (AvgIpc) is 3.28. The van der Waals surface area contributed by atoms with Crippen LogP contribution in [0.1, 0.15) is 18.9 Å². The highest BCUT2D eigenvalue weighted by atomic mass is 35.5. The number of nitrogens with one attached hydrogen (secondary N) is 1. The summed E-state index contributed by atoms with van der Waals surface area (Å²) in [6.45, 7) is 4.27. The normalized spacial score (nSPS) is 17.2. The molecule has 2 amide bonds. The van der Waals surface area contributed by atoms with Crippen molar-refractivity contribution < 1.29 is 18.7 Å². The Morgan fingerprint density at radius 3 is 2.63 bits per heavy atom. The number of benzene rings is 2. The van der Waals surface area contributed by atoms with Crippen LogP contribution in [0, 0.1) is 23.0 Å². The zero-order chi connectivity index (χ0) is 27.0. The minimum Gasteiger partial charge on any atom is -0.392 e. The van der Waals surface area contributed by atoms with E-state index in [0.29, 0.717) is 48.0 Å². The zero-order valence-corrected chi connectivity index (χ0v) is 21.3. The molecule has 3 aromatic rings. The molecule has 2 aromatic carbocycles. The van der Waals surface area contributed by atoms with Gasteiger partial charge in [-0.05, 0) is 43.7 Å². The van der Waals surface area contributed by atoms with Crippen LogP contribution in [0.2, 0.25) is 5.02 Å². The van der Waals surface area contributed by atoms with E-state index in [1.165, 1.54) is 17.2 Å². The van der Waals surface area contributed by atoms with Crippen LogP contribution in [-0.4, -0.2) is 59.8 Å². The molecule has 38 heavy (non-hydrogen) atoms. The third-order valence-electron chi connectivity index (χ3n) is 6.73. The number of aliphatic hydroxyl groups excluding tert-OH is 1. The fourth-order valence-electron chi connectivity index (χ4n) is 4.93. The lowest BCUT2D eigenvalue weighted by molar-refractivity contribution is 0.177. The first-order valence-electron chi connectivity index (χ1n) is 12.3. The number of anilines is 4. The van der Waals surface area contributed by atoms with Crippen molar-refractivity contribution in [3.05, 3.63) is 64.8 Å². The van der Waals surface area contributed by atoms with Gasteiger partial charge in [-0.15, -0.1) is 0 Å². The molecule has 0 saturated carbocycles. The predicted molar refractivity (Wildman–Crippen MR) is 142 cm³/mol. The van der Waals surface area contributed by atoms with Crippen molar-refractivity contribution in [2.24, 2.45) is 0 Å². The highest BCUT2D eigenvalue weighted by Gasteiger charge is 2.36. The molecule has 196 valence electrons. The quantitative estimate of drug-likeness (QED) is 0.452. The van der Waals surface area contributed by atoms with Crippen LogP contribution in [0.4, 0.5) is 36.5 Å². The molecule has 2 N–H and O–H groups in total. The molecule has 0 spiro atoms. The lowest BCUT2D eigenvalue weighted by Crippen LogP contribution is -2.41. The monoisotopic (exact) mass is 538 g/mol. The Bertz CT molecular complexity index is 1420. The first-order chi connectivity index (χ1) is 18.3. The van der Waals surface area contributed by atoms with E-state index in [2.05, 4.69) is 15.2 Å². The van der Waals surface area contributed by atoms with E-state index in [0.717, 1.165) is 23.6 Å². The molecule has 8 nitrogen and oxygen atoms in total. The molecule has 1 aromatic heterocycles. The Morgan fingerprint density at radius 1 is 1.21 bits per heavy atom. The molecule has 1 fully saturated rings. The van der Waals surface area contributed by atoms with Gasteiger partial charge in [-0.1, -0.05) is 17.7 Å². The second-order valence-corrected chi connectivity index (χ2v) is 9.63. The molecule has 5 rings (SSSR count). The molecule has 11 heteroatoms. The van der Waals surface area contributed by atoms with Gasteiger partial charge in [0, 0.05) is 55.7 Å². The van der Waals surface area contributed by atoms with Crippen molar-refractivity contribution in [3.8, 4) is 17.2 Å². The van der Waals surface area contributed by atoms with E-state index in [-0.39, 0.29) is 29.6 Å². The Morgan fingerprint density at radius 2 is 1.97 bits per heavy atom. The van der Waals surface area contributed by atoms with Gasteiger partial charge in [0.1, 0.15) is 11.5 Å². The van der Waals surface area contributed by atoms with Crippen LogP contribution in [0.5, 0.6) is 0 Å². The van der Waals surface area contributed by atoms with Crippen molar-refractivity contribution in [3.63, 3.8) is 0 Å². The Hall–Kier alpha value is -3.78. The van der Waals surface area contributed by atoms with Gasteiger partial charge in [0.15, 0.2) is 11.6 Å². The van der Waals surface area contributed by atoms with Gasteiger partial charge in [0.25, 0.3) is 0 Å². The molecule has 1 atom stereocenters. The maximum absolute atomic E-state index is 15.6. The van der Waals surface area contributed by atoms with Gasteiger partial charge in [-0.3, -0.25) is 14.7 Å². The molecule has 0 radical (unpaired) electrons. The number of hydrogen-bond donors (Lipinski definition) is 2. The average molecular weight is 539 g/mol. The molecule has 2 aliphatic rings. The first-order valence-corrected chi connectivity index (χ1v) is 12.6. The number of likely N-dealkylation sites (tertiary alicyclic amines) is 1. The van der Waals surface area contributed by atoms with Crippen molar-refractivity contribution in [1.29, 1.82) is 5.26 Å². The summed E-state index contributed by atoms with van der Waals surface area (Å²) in [5, 5.41) is 22.5. The molecule has 2 aliphatic heterocycles. The second-order valence-electron chi connectivity index (χ2n) is 9.19. The molecule has 0 bridgehead atoms. The summed E-state index contributed by atoms with van der Waals surface area (Å²) in [6.07, 6.45) is 1.76. The maximum atomic E-state index is 15.6. The van der Waals surface area contributed by atoms with E-state index < -0.39 is 23.4 Å². The number of amides is 2. The first kappa shape index (κ1) is 25.9. The summed E-state index contributed by atoms with van der Waals surface area (Å²) in [7, 11) is 0. The fraction of sp³-hybridized carbons (Fsp3) is 0.296. The number of carbonyl (C=O) groups excluding carboxylic acids is 1. The van der Waals surface area contributed by atoms with Crippen LogP contribution in [0.25, 0.3) is 11.1 Å². The highest BCUT2D eigenvalue weighted by molar-refractivity contribution is 6.31. The zero-order valence-electron chi connectivity index (χ0n) is 20.6. The summed E-state index contributed by atoms with van der Waals surface area (Å²) in [5.41, 5.74) is 0.973. The fourth-order valence-corrected chi connectivity index (χ4v) is 5.09. The van der Waals surface area contributed by atoms with E-state index in [1.54, 1.807) is 25.1 Å². The summed E-state index contributed by atoms with van der Waals surface area (Å²) < 4.78 is 31.3. The van der Waals surface area contributed by atoms with Crippen molar-refractivity contribution >= 4 is 40.5 Å². The largest absolute Gasteiger partial charge is 0.392 e. The van der Waals surface area contributed by atoms with Crippen LogP contribution >= 0.6 is 11.6 Å². The van der Waals surface area contributed by atoms with Crippen LogP contribution < -0.4 is 15.1 Å². The number of pyridine rings is 1. The molecular formula is C27H25ClF2N6O2. The number of β-amino-alcohol motifs (C(OH)–C–C–N with tert-alkyl or cyclic N) is 1. The number of rotatable bonds is 6. The number of carbonyl (C=O) groups is 1. The number of hydrogen-bond acceptors (Lipinski definition) is 6. The number of urea groups is 1. The Kier molecular flexibility index (Phi) is 7.17. The summed E-state index contributed by atoms with van der Waals surface area (Å²) in [5.74, 6) is -1.60. The van der Waals surface area contributed by atoms with E-state index in [1.807, 2.05) is 6.07 Å². The smallest absolute Gasteiger partial charge is 0.334 e. The van der Waals surface area contributed by atoms with Gasteiger partial charge in [0.2, 0.25) is 0 Å². The van der Waals surface area contributed by atoms with Gasteiger partial charge in [-0.25, -0.2) is 18.6 Å². The topological polar surface area (TPSA) is 95.7 Å². The molecule has 3 heterocycles. The number of aliphatic hydroxyl groups is 1.